The summed E-state index contributed by atoms with van der Waals surface area (Å²) in [5.41, 5.74) is 3.02. The lowest BCUT2D eigenvalue weighted by molar-refractivity contribution is -0.116. The van der Waals surface area contributed by atoms with E-state index in [1.54, 1.807) is 36.4 Å². The second kappa shape index (κ2) is 11.6. The van der Waals surface area contributed by atoms with E-state index in [2.05, 4.69) is 17.6 Å². The van der Waals surface area contributed by atoms with Gasteiger partial charge in [0.25, 0.3) is 5.91 Å². The second-order valence-corrected chi connectivity index (χ2v) is 7.30. The van der Waals surface area contributed by atoms with Crippen molar-refractivity contribution in [2.45, 2.75) is 32.6 Å². The normalized spacial score (nSPS) is 10.4. The first-order valence-corrected chi connectivity index (χ1v) is 10.6. The molecule has 0 aliphatic rings. The van der Waals surface area contributed by atoms with Gasteiger partial charge in [0.2, 0.25) is 5.91 Å². The van der Waals surface area contributed by atoms with Gasteiger partial charge in [-0.1, -0.05) is 49.7 Å². The third kappa shape index (κ3) is 7.30. The van der Waals surface area contributed by atoms with Crippen LogP contribution >= 0.6 is 0 Å². The highest BCUT2D eigenvalue weighted by atomic mass is 16.5. The van der Waals surface area contributed by atoms with E-state index in [1.165, 1.54) is 0 Å². The highest BCUT2D eigenvalue weighted by Crippen LogP contribution is 2.18. The van der Waals surface area contributed by atoms with E-state index in [4.69, 9.17) is 4.74 Å². The molecule has 3 aromatic rings. The maximum absolute atomic E-state index is 12.5. The summed E-state index contributed by atoms with van der Waals surface area (Å²) in [7, 11) is 0. The van der Waals surface area contributed by atoms with Crippen LogP contribution in [0.2, 0.25) is 0 Å². The van der Waals surface area contributed by atoms with Crippen LogP contribution in [-0.4, -0.2) is 18.4 Å². The van der Waals surface area contributed by atoms with E-state index in [1.807, 2.05) is 42.5 Å². The summed E-state index contributed by atoms with van der Waals surface area (Å²) in [5.74, 6) is 0.441. The van der Waals surface area contributed by atoms with Gasteiger partial charge in [0.1, 0.15) is 5.75 Å². The number of benzene rings is 3. The number of rotatable bonds is 10. The largest absolute Gasteiger partial charge is 0.494 e. The standard InChI is InChI=1S/C26H28N2O3/c1-2-3-18-31-24-11-7-10-21(19-24)26(30)28-23-15-13-22(14-16-23)27-25(29)17-12-20-8-5-4-6-9-20/h4-11,13-16,19H,2-3,12,17-18H2,1H3,(H,27,29)(H,28,30). The monoisotopic (exact) mass is 416 g/mol. The molecule has 0 saturated carbocycles. The van der Waals surface area contributed by atoms with Crippen molar-refractivity contribution in [2.24, 2.45) is 0 Å². The fourth-order valence-corrected chi connectivity index (χ4v) is 3.03. The number of ether oxygens (including phenoxy) is 1. The Balaban J connectivity index is 1.50. The Bertz CT molecular complexity index is 985. The van der Waals surface area contributed by atoms with Gasteiger partial charge in [0.15, 0.2) is 0 Å². The third-order valence-electron chi connectivity index (χ3n) is 4.77. The van der Waals surface area contributed by atoms with Gasteiger partial charge in [-0.25, -0.2) is 0 Å². The van der Waals surface area contributed by atoms with Crippen LogP contribution in [-0.2, 0) is 11.2 Å². The van der Waals surface area contributed by atoms with Crippen molar-refractivity contribution in [3.8, 4) is 5.75 Å². The first-order valence-electron chi connectivity index (χ1n) is 10.6. The number of hydrogen-bond acceptors (Lipinski definition) is 3. The molecule has 3 aromatic carbocycles. The maximum atomic E-state index is 12.5. The molecular weight excluding hydrogens is 388 g/mol. The lowest BCUT2D eigenvalue weighted by atomic mass is 10.1. The molecule has 0 unspecified atom stereocenters. The predicted molar refractivity (Wildman–Crippen MR) is 125 cm³/mol. The fraction of sp³-hybridized carbons (Fsp3) is 0.231. The Kier molecular flexibility index (Phi) is 8.23. The zero-order chi connectivity index (χ0) is 21.9. The first kappa shape index (κ1) is 22.1. The molecule has 0 spiro atoms. The van der Waals surface area contributed by atoms with Crippen LogP contribution in [0.5, 0.6) is 5.75 Å². The molecule has 31 heavy (non-hydrogen) atoms. The van der Waals surface area contributed by atoms with Gasteiger partial charge in [0.05, 0.1) is 6.61 Å². The molecule has 2 amide bonds. The van der Waals surface area contributed by atoms with Crippen molar-refractivity contribution in [3.05, 3.63) is 90.0 Å². The quantitative estimate of drug-likeness (QED) is 0.417. The molecule has 2 N–H and O–H groups in total. The van der Waals surface area contributed by atoms with Crippen molar-refractivity contribution < 1.29 is 14.3 Å². The van der Waals surface area contributed by atoms with Crippen molar-refractivity contribution >= 4 is 23.2 Å². The molecule has 0 radical (unpaired) electrons. The molecule has 0 aliphatic heterocycles. The molecule has 0 aromatic heterocycles. The molecule has 0 saturated heterocycles. The molecule has 0 bridgehead atoms. The topological polar surface area (TPSA) is 67.4 Å². The number of carbonyl (C=O) groups excluding carboxylic acids is 2. The van der Waals surface area contributed by atoms with Crippen molar-refractivity contribution in [3.63, 3.8) is 0 Å². The Morgan fingerprint density at radius 1 is 0.839 bits per heavy atom. The summed E-state index contributed by atoms with van der Waals surface area (Å²) in [6, 6.07) is 24.2. The minimum atomic E-state index is -0.208. The Labute approximate surface area is 183 Å². The number of carbonyl (C=O) groups is 2. The number of unbranched alkanes of at least 4 members (excludes halogenated alkanes) is 1. The summed E-state index contributed by atoms with van der Waals surface area (Å²) in [6.45, 7) is 2.74. The summed E-state index contributed by atoms with van der Waals surface area (Å²) in [4.78, 5) is 24.7. The number of amides is 2. The van der Waals surface area contributed by atoms with Crippen LogP contribution in [0.25, 0.3) is 0 Å². The van der Waals surface area contributed by atoms with Gasteiger partial charge in [-0.05, 0) is 60.9 Å². The summed E-state index contributed by atoms with van der Waals surface area (Å²) in [5, 5.41) is 5.76. The smallest absolute Gasteiger partial charge is 0.255 e. The van der Waals surface area contributed by atoms with Crippen molar-refractivity contribution in [1.82, 2.24) is 0 Å². The molecule has 0 fully saturated rings. The van der Waals surface area contributed by atoms with E-state index < -0.39 is 0 Å². The maximum Gasteiger partial charge on any atom is 0.255 e. The van der Waals surface area contributed by atoms with Gasteiger partial charge in [0, 0.05) is 23.4 Å². The summed E-state index contributed by atoms with van der Waals surface area (Å²) >= 11 is 0. The Morgan fingerprint density at radius 3 is 2.26 bits per heavy atom. The summed E-state index contributed by atoms with van der Waals surface area (Å²) < 4.78 is 5.67. The van der Waals surface area contributed by atoms with Gasteiger partial charge in [-0.2, -0.15) is 0 Å². The van der Waals surface area contributed by atoms with E-state index in [9.17, 15) is 9.59 Å². The van der Waals surface area contributed by atoms with Crippen LogP contribution in [0.1, 0.15) is 42.1 Å². The lowest BCUT2D eigenvalue weighted by Gasteiger charge is -2.10. The SMILES string of the molecule is CCCCOc1cccc(C(=O)Nc2ccc(NC(=O)CCc3ccccc3)cc2)c1. The van der Waals surface area contributed by atoms with Gasteiger partial charge in [-0.3, -0.25) is 9.59 Å². The second-order valence-electron chi connectivity index (χ2n) is 7.30. The first-order chi connectivity index (χ1) is 15.1. The minimum Gasteiger partial charge on any atom is -0.494 e. The number of nitrogens with one attached hydrogen (secondary N) is 2. The van der Waals surface area contributed by atoms with E-state index in [0.717, 1.165) is 18.4 Å². The molecule has 0 atom stereocenters. The molecule has 3 rings (SSSR count). The van der Waals surface area contributed by atoms with Crippen molar-refractivity contribution in [2.75, 3.05) is 17.2 Å². The Hall–Kier alpha value is -3.60. The van der Waals surface area contributed by atoms with E-state index in [-0.39, 0.29) is 11.8 Å². The van der Waals surface area contributed by atoms with Crippen LogP contribution in [0.15, 0.2) is 78.9 Å². The van der Waals surface area contributed by atoms with Gasteiger partial charge < -0.3 is 15.4 Å². The van der Waals surface area contributed by atoms with Crippen LogP contribution < -0.4 is 15.4 Å². The molecular formula is C26H28N2O3. The minimum absolute atomic E-state index is 0.0412. The highest BCUT2D eigenvalue weighted by molar-refractivity contribution is 6.04. The molecule has 160 valence electrons. The van der Waals surface area contributed by atoms with Crippen LogP contribution in [0.4, 0.5) is 11.4 Å². The zero-order valence-electron chi connectivity index (χ0n) is 17.8. The summed E-state index contributed by atoms with van der Waals surface area (Å²) in [6.07, 6.45) is 3.15. The average molecular weight is 417 g/mol. The third-order valence-corrected chi connectivity index (χ3v) is 4.77. The zero-order valence-corrected chi connectivity index (χ0v) is 17.8. The number of hydrogen-bond donors (Lipinski definition) is 2. The van der Waals surface area contributed by atoms with Crippen LogP contribution in [0.3, 0.4) is 0 Å². The molecule has 0 aliphatic carbocycles. The number of aryl methyl sites for hydroxylation is 1. The molecule has 5 nitrogen and oxygen atoms in total. The highest BCUT2D eigenvalue weighted by Gasteiger charge is 2.08. The number of anilines is 2. The lowest BCUT2D eigenvalue weighted by Crippen LogP contribution is -2.13. The van der Waals surface area contributed by atoms with Crippen molar-refractivity contribution in [1.29, 1.82) is 0 Å². The average Bonchev–Trinajstić information content (AvgIpc) is 2.80. The van der Waals surface area contributed by atoms with Gasteiger partial charge in [-0.15, -0.1) is 0 Å². The Morgan fingerprint density at radius 2 is 1.55 bits per heavy atom. The molecule has 0 heterocycles. The van der Waals surface area contributed by atoms with E-state index in [0.29, 0.717) is 42.1 Å². The van der Waals surface area contributed by atoms with Crippen LogP contribution in [0, 0.1) is 0 Å². The van der Waals surface area contributed by atoms with Gasteiger partial charge >= 0.3 is 0 Å². The molecule has 5 heteroatoms. The van der Waals surface area contributed by atoms with E-state index >= 15 is 0 Å². The predicted octanol–water partition coefficient (Wildman–Crippen LogP) is 5.69. The fourth-order valence-electron chi connectivity index (χ4n) is 3.03.